The van der Waals surface area contributed by atoms with Crippen LogP contribution in [0.4, 0.5) is 10.5 Å². The molecule has 0 bridgehead atoms. The number of hydrogen-bond donors (Lipinski definition) is 2. The molecule has 2 heterocycles. The number of methoxy groups -OCH3 is 1. The van der Waals surface area contributed by atoms with Gasteiger partial charge in [0.25, 0.3) is 0 Å². The molecule has 1 atom stereocenters. The standard InChI is InChI=1S/C17H23N5O3/c1-12-8-13-9-14(4-5-15(13)25-12)20-17(23)18-10-16-21-19-11-22(16)6-3-7-24-2/h4-5,9,11-12H,3,6-8,10H2,1-2H3,(H2,18,20,23). The first-order valence-electron chi connectivity index (χ1n) is 8.36. The highest BCUT2D eigenvalue weighted by Crippen LogP contribution is 2.30. The Bertz CT molecular complexity index is 731. The van der Waals surface area contributed by atoms with Crippen molar-refractivity contribution in [3.05, 3.63) is 35.9 Å². The maximum Gasteiger partial charge on any atom is 0.319 e. The molecule has 0 aliphatic carbocycles. The second kappa shape index (κ2) is 7.98. The lowest BCUT2D eigenvalue weighted by molar-refractivity contribution is 0.190. The fourth-order valence-corrected chi connectivity index (χ4v) is 2.82. The third-order valence-corrected chi connectivity index (χ3v) is 4.00. The zero-order chi connectivity index (χ0) is 17.6. The molecule has 0 fully saturated rings. The molecule has 2 amide bonds. The van der Waals surface area contributed by atoms with Gasteiger partial charge in [0.05, 0.1) is 6.54 Å². The van der Waals surface area contributed by atoms with Gasteiger partial charge in [0.2, 0.25) is 0 Å². The molecule has 2 aromatic rings. The maximum absolute atomic E-state index is 12.1. The van der Waals surface area contributed by atoms with Gasteiger partial charge < -0.3 is 24.7 Å². The van der Waals surface area contributed by atoms with Crippen LogP contribution < -0.4 is 15.4 Å². The van der Waals surface area contributed by atoms with E-state index in [1.165, 1.54) is 0 Å². The summed E-state index contributed by atoms with van der Waals surface area (Å²) in [6.45, 7) is 3.77. The minimum Gasteiger partial charge on any atom is -0.490 e. The number of ether oxygens (including phenoxy) is 2. The number of anilines is 1. The van der Waals surface area contributed by atoms with Gasteiger partial charge in [0.15, 0.2) is 5.82 Å². The van der Waals surface area contributed by atoms with Crippen LogP contribution in [0.2, 0.25) is 0 Å². The van der Waals surface area contributed by atoms with E-state index in [1.54, 1.807) is 13.4 Å². The van der Waals surface area contributed by atoms with Gasteiger partial charge in [-0.3, -0.25) is 0 Å². The third kappa shape index (κ3) is 4.48. The highest BCUT2D eigenvalue weighted by molar-refractivity contribution is 5.89. The average Bonchev–Trinajstić information content (AvgIpc) is 3.18. The number of nitrogens with one attached hydrogen (secondary N) is 2. The molecule has 0 radical (unpaired) electrons. The van der Waals surface area contributed by atoms with Gasteiger partial charge in [-0.15, -0.1) is 10.2 Å². The van der Waals surface area contributed by atoms with E-state index in [9.17, 15) is 4.79 Å². The summed E-state index contributed by atoms with van der Waals surface area (Å²) in [7, 11) is 1.67. The first-order chi connectivity index (χ1) is 12.2. The monoisotopic (exact) mass is 345 g/mol. The fraction of sp³-hybridized carbons (Fsp3) is 0.471. The SMILES string of the molecule is COCCCn1cnnc1CNC(=O)Nc1ccc2c(c1)CC(C)O2. The van der Waals surface area contributed by atoms with Crippen LogP contribution in [-0.4, -0.2) is 40.6 Å². The van der Waals surface area contributed by atoms with Crippen LogP contribution in [0.3, 0.4) is 0 Å². The van der Waals surface area contributed by atoms with Crippen LogP contribution in [0.25, 0.3) is 0 Å². The molecule has 1 aliphatic heterocycles. The average molecular weight is 345 g/mol. The smallest absolute Gasteiger partial charge is 0.319 e. The Hall–Kier alpha value is -2.61. The van der Waals surface area contributed by atoms with E-state index in [0.29, 0.717) is 19.0 Å². The first kappa shape index (κ1) is 17.2. The Morgan fingerprint density at radius 3 is 3.20 bits per heavy atom. The molecule has 134 valence electrons. The van der Waals surface area contributed by atoms with E-state index in [-0.39, 0.29) is 12.1 Å². The number of amides is 2. The van der Waals surface area contributed by atoms with Crippen LogP contribution in [0.15, 0.2) is 24.5 Å². The van der Waals surface area contributed by atoms with Crippen LogP contribution in [-0.2, 0) is 24.2 Å². The number of carbonyl (C=O) groups is 1. The predicted molar refractivity (Wildman–Crippen MR) is 92.6 cm³/mol. The number of fused-ring (bicyclic) bond motifs is 1. The number of aromatic nitrogens is 3. The Labute approximate surface area is 146 Å². The summed E-state index contributed by atoms with van der Waals surface area (Å²) in [5.41, 5.74) is 1.86. The number of hydrogen-bond acceptors (Lipinski definition) is 5. The number of rotatable bonds is 7. The van der Waals surface area contributed by atoms with Crippen molar-refractivity contribution in [1.82, 2.24) is 20.1 Å². The zero-order valence-electron chi connectivity index (χ0n) is 14.5. The Morgan fingerprint density at radius 2 is 2.36 bits per heavy atom. The van der Waals surface area contributed by atoms with Crippen molar-refractivity contribution in [2.24, 2.45) is 0 Å². The van der Waals surface area contributed by atoms with E-state index in [4.69, 9.17) is 9.47 Å². The molecule has 25 heavy (non-hydrogen) atoms. The number of urea groups is 1. The van der Waals surface area contributed by atoms with Crippen molar-refractivity contribution in [2.75, 3.05) is 19.0 Å². The Balaban J connectivity index is 1.51. The van der Waals surface area contributed by atoms with Gasteiger partial charge in [-0.25, -0.2) is 4.79 Å². The fourth-order valence-electron chi connectivity index (χ4n) is 2.82. The summed E-state index contributed by atoms with van der Waals surface area (Å²) in [5, 5.41) is 13.6. The van der Waals surface area contributed by atoms with Crippen LogP contribution >= 0.6 is 0 Å². The van der Waals surface area contributed by atoms with E-state index >= 15 is 0 Å². The van der Waals surface area contributed by atoms with Gasteiger partial charge in [-0.1, -0.05) is 0 Å². The normalized spacial score (nSPS) is 15.5. The first-order valence-corrected chi connectivity index (χ1v) is 8.36. The maximum atomic E-state index is 12.1. The molecule has 8 nitrogen and oxygen atoms in total. The van der Waals surface area contributed by atoms with E-state index < -0.39 is 0 Å². The molecule has 1 aromatic carbocycles. The Kier molecular flexibility index (Phi) is 5.49. The van der Waals surface area contributed by atoms with E-state index in [0.717, 1.165) is 36.4 Å². The van der Waals surface area contributed by atoms with Crippen LogP contribution in [0.5, 0.6) is 5.75 Å². The summed E-state index contributed by atoms with van der Waals surface area (Å²) < 4.78 is 12.6. The molecule has 1 aromatic heterocycles. The lowest BCUT2D eigenvalue weighted by atomic mass is 10.1. The van der Waals surface area contributed by atoms with Gasteiger partial charge in [0, 0.05) is 32.4 Å². The van der Waals surface area contributed by atoms with Crippen molar-refractivity contribution < 1.29 is 14.3 Å². The lowest BCUT2D eigenvalue weighted by Gasteiger charge is -2.10. The molecule has 8 heteroatoms. The van der Waals surface area contributed by atoms with Crippen LogP contribution in [0, 0.1) is 0 Å². The molecule has 0 spiro atoms. The van der Waals surface area contributed by atoms with E-state index in [1.807, 2.05) is 29.7 Å². The number of carbonyl (C=O) groups excluding carboxylic acids is 1. The topological polar surface area (TPSA) is 90.3 Å². The lowest BCUT2D eigenvalue weighted by Crippen LogP contribution is -2.29. The van der Waals surface area contributed by atoms with Gasteiger partial charge in [0.1, 0.15) is 18.2 Å². The minimum atomic E-state index is -0.279. The van der Waals surface area contributed by atoms with Gasteiger partial charge >= 0.3 is 6.03 Å². The zero-order valence-corrected chi connectivity index (χ0v) is 14.5. The predicted octanol–water partition coefficient (Wildman–Crippen LogP) is 1.96. The summed E-state index contributed by atoms with van der Waals surface area (Å²) in [4.78, 5) is 12.1. The molecular weight excluding hydrogens is 322 g/mol. The van der Waals surface area contributed by atoms with Crippen LogP contribution in [0.1, 0.15) is 24.7 Å². The second-order valence-corrected chi connectivity index (χ2v) is 6.05. The summed E-state index contributed by atoms with van der Waals surface area (Å²) in [6.07, 6.45) is 3.57. The second-order valence-electron chi connectivity index (χ2n) is 6.05. The van der Waals surface area contributed by atoms with Crippen molar-refractivity contribution in [3.63, 3.8) is 0 Å². The van der Waals surface area contributed by atoms with Crippen molar-refractivity contribution in [2.45, 2.75) is 39.0 Å². The van der Waals surface area contributed by atoms with Crippen molar-refractivity contribution in [1.29, 1.82) is 0 Å². The molecule has 3 rings (SSSR count). The van der Waals surface area contributed by atoms with Gasteiger partial charge in [-0.2, -0.15) is 0 Å². The van der Waals surface area contributed by atoms with E-state index in [2.05, 4.69) is 20.8 Å². The molecule has 1 aliphatic rings. The number of aryl methyl sites for hydroxylation is 1. The highest BCUT2D eigenvalue weighted by Gasteiger charge is 2.19. The summed E-state index contributed by atoms with van der Waals surface area (Å²) in [5.74, 6) is 1.60. The number of benzene rings is 1. The molecule has 0 saturated heterocycles. The quantitative estimate of drug-likeness (QED) is 0.749. The number of nitrogens with zero attached hydrogens (tertiary/aromatic N) is 3. The summed E-state index contributed by atoms with van der Waals surface area (Å²) in [6, 6.07) is 5.40. The Morgan fingerprint density at radius 1 is 1.48 bits per heavy atom. The summed E-state index contributed by atoms with van der Waals surface area (Å²) >= 11 is 0. The minimum absolute atomic E-state index is 0.184. The highest BCUT2D eigenvalue weighted by atomic mass is 16.5. The van der Waals surface area contributed by atoms with Crippen molar-refractivity contribution in [3.8, 4) is 5.75 Å². The molecule has 2 N–H and O–H groups in total. The van der Waals surface area contributed by atoms with Gasteiger partial charge in [-0.05, 0) is 37.1 Å². The molecule has 0 saturated carbocycles. The molecular formula is C17H23N5O3. The third-order valence-electron chi connectivity index (χ3n) is 4.00. The molecule has 1 unspecified atom stereocenters. The van der Waals surface area contributed by atoms with Crippen molar-refractivity contribution >= 4 is 11.7 Å². The largest absolute Gasteiger partial charge is 0.490 e.